The molecule has 0 bridgehead atoms. The Morgan fingerprint density at radius 1 is 1.18 bits per heavy atom. The molecule has 3 aromatic rings. The molecule has 0 radical (unpaired) electrons. The second kappa shape index (κ2) is 8.86. The molecule has 0 N–H and O–H groups in total. The van der Waals surface area contributed by atoms with E-state index < -0.39 is 0 Å². The fraction of sp³-hybridized carbons (Fsp3) is 0.455. The summed E-state index contributed by atoms with van der Waals surface area (Å²) in [7, 11) is 4.03. The van der Waals surface area contributed by atoms with Crippen molar-refractivity contribution < 1.29 is 0 Å². The number of aryl methyl sites for hydroxylation is 1. The van der Waals surface area contributed by atoms with Gasteiger partial charge in [-0.2, -0.15) is 0 Å². The molecule has 3 aromatic heterocycles. The summed E-state index contributed by atoms with van der Waals surface area (Å²) in [4.78, 5) is 14.1. The Bertz CT molecular complexity index is 947. The maximum absolute atomic E-state index is 5.03. The first kappa shape index (κ1) is 20.5. The van der Waals surface area contributed by atoms with Gasteiger partial charge in [-0.15, -0.1) is 11.8 Å². The molecule has 0 amide bonds. The maximum Gasteiger partial charge on any atom is 0.147 e. The normalized spacial score (nSPS) is 11.2. The molecule has 0 aliphatic heterocycles. The zero-order valence-electron chi connectivity index (χ0n) is 17.9. The number of hydrogen-bond acceptors (Lipinski definition) is 5. The highest BCUT2D eigenvalue weighted by Gasteiger charge is 2.20. The van der Waals surface area contributed by atoms with Gasteiger partial charge in [0.25, 0.3) is 0 Å². The minimum atomic E-state index is 0.971. The number of fused-ring (bicyclic) bond motifs is 1. The zero-order chi connectivity index (χ0) is 20.3. The van der Waals surface area contributed by atoms with Gasteiger partial charge in [0.1, 0.15) is 22.3 Å². The van der Waals surface area contributed by atoms with Crippen LogP contribution in [0.3, 0.4) is 0 Å². The summed E-state index contributed by atoms with van der Waals surface area (Å²) in [5, 5.41) is 1.08. The zero-order valence-corrected chi connectivity index (χ0v) is 18.7. The first-order chi connectivity index (χ1) is 13.5. The van der Waals surface area contributed by atoms with E-state index in [1.54, 1.807) is 11.8 Å². The van der Waals surface area contributed by atoms with Gasteiger partial charge in [0, 0.05) is 50.7 Å². The lowest BCUT2D eigenvalue weighted by Gasteiger charge is -2.23. The minimum absolute atomic E-state index is 0.971. The smallest absolute Gasteiger partial charge is 0.147 e. The fourth-order valence-corrected chi connectivity index (χ4v) is 4.09. The van der Waals surface area contributed by atoms with Gasteiger partial charge in [-0.25, -0.2) is 9.97 Å². The van der Waals surface area contributed by atoms with Crippen LogP contribution in [0.4, 0.5) is 11.6 Å². The summed E-state index contributed by atoms with van der Waals surface area (Å²) in [6, 6.07) is 6.40. The molecular weight excluding hydrogens is 366 g/mol. The van der Waals surface area contributed by atoms with E-state index in [1.165, 1.54) is 24.2 Å². The Labute approximate surface area is 172 Å². The predicted molar refractivity (Wildman–Crippen MR) is 122 cm³/mol. The van der Waals surface area contributed by atoms with E-state index in [4.69, 9.17) is 4.98 Å². The van der Waals surface area contributed by atoms with Gasteiger partial charge in [-0.1, -0.05) is 13.3 Å². The van der Waals surface area contributed by atoms with Crippen LogP contribution < -0.4 is 9.80 Å². The molecule has 0 saturated carbocycles. The van der Waals surface area contributed by atoms with E-state index in [-0.39, 0.29) is 0 Å². The van der Waals surface area contributed by atoms with Crippen LogP contribution in [0.1, 0.15) is 32.3 Å². The van der Waals surface area contributed by atoms with E-state index in [1.807, 2.05) is 25.2 Å². The monoisotopic (exact) mass is 397 g/mol. The molecule has 5 nitrogen and oxygen atoms in total. The summed E-state index contributed by atoms with van der Waals surface area (Å²) in [5.74, 6) is 2.18. The SMILES string of the molecule is CCCCN(CC)c1c(SC)nc2c(-c3cnc(N(C)C)cc3C)cccn12. The average molecular weight is 398 g/mol. The van der Waals surface area contributed by atoms with E-state index in [9.17, 15) is 0 Å². The van der Waals surface area contributed by atoms with E-state index in [0.29, 0.717) is 0 Å². The van der Waals surface area contributed by atoms with Crippen molar-refractivity contribution in [1.82, 2.24) is 14.4 Å². The van der Waals surface area contributed by atoms with Crippen LogP contribution in [0.2, 0.25) is 0 Å². The molecule has 150 valence electrons. The average Bonchev–Trinajstić information content (AvgIpc) is 3.07. The van der Waals surface area contributed by atoms with Crippen molar-refractivity contribution in [1.29, 1.82) is 0 Å². The Kier molecular flexibility index (Phi) is 6.50. The fourth-order valence-electron chi connectivity index (χ4n) is 3.50. The lowest BCUT2D eigenvalue weighted by Crippen LogP contribution is -2.25. The highest BCUT2D eigenvalue weighted by atomic mass is 32.2. The Morgan fingerprint density at radius 2 is 1.96 bits per heavy atom. The standard InChI is InChI=1S/C22H31N5S/c1-7-9-12-26(8-2)22-21(28-6)24-20-17(11-10-13-27(20)22)18-15-23-19(25(4)5)14-16(18)3/h10-11,13-15H,7-9,12H2,1-6H3. The molecule has 3 rings (SSSR count). The molecular formula is C22H31N5S. The summed E-state index contributed by atoms with van der Waals surface area (Å²) >= 11 is 1.72. The third-order valence-electron chi connectivity index (χ3n) is 5.09. The van der Waals surface area contributed by atoms with Crippen LogP contribution in [-0.4, -0.2) is 47.8 Å². The molecule has 0 fully saturated rings. The quantitative estimate of drug-likeness (QED) is 0.493. The number of thioether (sulfide) groups is 1. The van der Waals surface area contributed by atoms with Crippen molar-refractivity contribution in [3.63, 3.8) is 0 Å². The van der Waals surface area contributed by atoms with Crippen molar-refractivity contribution >= 4 is 29.0 Å². The molecule has 0 unspecified atom stereocenters. The van der Waals surface area contributed by atoms with Crippen molar-refractivity contribution in [3.8, 4) is 11.1 Å². The van der Waals surface area contributed by atoms with Gasteiger partial charge in [0.05, 0.1) is 0 Å². The summed E-state index contributed by atoms with van der Waals surface area (Å²) < 4.78 is 2.25. The number of hydrogen-bond donors (Lipinski definition) is 0. The van der Waals surface area contributed by atoms with Gasteiger partial charge < -0.3 is 9.80 Å². The van der Waals surface area contributed by atoms with Crippen LogP contribution in [0, 0.1) is 6.92 Å². The summed E-state index contributed by atoms with van der Waals surface area (Å²) in [6.45, 7) is 8.63. The number of unbranched alkanes of at least 4 members (excludes halogenated alkanes) is 1. The van der Waals surface area contributed by atoms with Crippen LogP contribution in [0.15, 0.2) is 35.6 Å². The molecule has 3 heterocycles. The Hall–Kier alpha value is -2.21. The third kappa shape index (κ3) is 3.83. The molecule has 0 atom stereocenters. The van der Waals surface area contributed by atoms with Crippen molar-refractivity contribution in [3.05, 3.63) is 36.2 Å². The van der Waals surface area contributed by atoms with Crippen LogP contribution >= 0.6 is 11.8 Å². The van der Waals surface area contributed by atoms with E-state index >= 15 is 0 Å². The highest BCUT2D eigenvalue weighted by molar-refractivity contribution is 7.98. The lowest BCUT2D eigenvalue weighted by atomic mass is 10.0. The Balaban J connectivity index is 2.16. The lowest BCUT2D eigenvalue weighted by molar-refractivity contribution is 0.716. The molecule has 28 heavy (non-hydrogen) atoms. The predicted octanol–water partition coefficient (Wildman–Crippen LogP) is 5.12. The molecule has 0 aliphatic rings. The van der Waals surface area contributed by atoms with Gasteiger partial charge in [0.2, 0.25) is 0 Å². The van der Waals surface area contributed by atoms with E-state index in [0.717, 1.165) is 40.7 Å². The molecule has 0 spiro atoms. The molecule has 6 heteroatoms. The number of anilines is 2. The largest absolute Gasteiger partial charge is 0.363 e. The second-order valence-electron chi connectivity index (χ2n) is 7.25. The van der Waals surface area contributed by atoms with Crippen LogP contribution in [0.5, 0.6) is 0 Å². The number of rotatable bonds is 8. The van der Waals surface area contributed by atoms with Gasteiger partial charge >= 0.3 is 0 Å². The minimum Gasteiger partial charge on any atom is -0.363 e. The third-order valence-corrected chi connectivity index (χ3v) is 5.76. The van der Waals surface area contributed by atoms with Crippen LogP contribution in [-0.2, 0) is 0 Å². The van der Waals surface area contributed by atoms with Gasteiger partial charge in [0.15, 0.2) is 0 Å². The van der Waals surface area contributed by atoms with Crippen molar-refractivity contribution in [2.24, 2.45) is 0 Å². The first-order valence-corrected chi connectivity index (χ1v) is 11.2. The summed E-state index contributed by atoms with van der Waals surface area (Å²) in [5.41, 5.74) is 4.47. The van der Waals surface area contributed by atoms with Crippen molar-refractivity contribution in [2.75, 3.05) is 43.2 Å². The van der Waals surface area contributed by atoms with Crippen LogP contribution in [0.25, 0.3) is 16.8 Å². The molecule has 0 aromatic carbocycles. The van der Waals surface area contributed by atoms with E-state index in [2.05, 4.69) is 65.7 Å². The number of nitrogens with zero attached hydrogens (tertiary/aromatic N) is 5. The molecule has 0 saturated heterocycles. The maximum atomic E-state index is 5.03. The van der Waals surface area contributed by atoms with Gasteiger partial charge in [-0.05, 0) is 50.3 Å². The highest BCUT2D eigenvalue weighted by Crippen LogP contribution is 2.35. The first-order valence-electron chi connectivity index (χ1n) is 9.96. The molecule has 0 aliphatic carbocycles. The number of aromatic nitrogens is 3. The van der Waals surface area contributed by atoms with Gasteiger partial charge in [-0.3, -0.25) is 4.40 Å². The number of imidazole rings is 1. The number of pyridine rings is 2. The topological polar surface area (TPSA) is 36.7 Å². The summed E-state index contributed by atoms with van der Waals surface area (Å²) in [6.07, 6.45) is 8.59. The van der Waals surface area contributed by atoms with Crippen molar-refractivity contribution in [2.45, 2.75) is 38.6 Å². The second-order valence-corrected chi connectivity index (χ2v) is 8.04. The Morgan fingerprint density at radius 3 is 2.57 bits per heavy atom.